The lowest BCUT2D eigenvalue weighted by Crippen LogP contribution is -2.14. The number of aliphatic hydroxyl groups is 1. The highest BCUT2D eigenvalue weighted by atomic mass is 16.3. The fourth-order valence-electron chi connectivity index (χ4n) is 0.306. The predicted molar refractivity (Wildman–Crippen MR) is 44.8 cm³/mol. The first-order valence-electron chi connectivity index (χ1n) is 3.47. The standard InChI is InChI=1S/C5H12N2O.C2H6/c1-4(6-2)5(8)7-3;1-2/h6-8H,1-3H3;1-2H3/b5-4+;. The Labute approximate surface area is 63.1 Å². The maximum Gasteiger partial charge on any atom is 0.203 e. The first-order chi connectivity index (χ1) is 4.72. The molecule has 3 N–H and O–H groups in total. The molecule has 10 heavy (non-hydrogen) atoms. The molecule has 0 saturated heterocycles. The average Bonchev–Trinajstić information content (AvgIpc) is 2.05. The van der Waals surface area contributed by atoms with E-state index in [1.165, 1.54) is 0 Å². The molecular formula is C7H18N2O. The van der Waals surface area contributed by atoms with Crippen molar-refractivity contribution in [2.75, 3.05) is 14.1 Å². The van der Waals surface area contributed by atoms with Crippen molar-refractivity contribution >= 4 is 0 Å². The van der Waals surface area contributed by atoms with Crippen molar-refractivity contribution in [1.29, 1.82) is 0 Å². The molecule has 0 fully saturated rings. The second kappa shape index (κ2) is 8.14. The van der Waals surface area contributed by atoms with Gasteiger partial charge in [0.1, 0.15) is 0 Å². The maximum absolute atomic E-state index is 8.83. The summed E-state index contributed by atoms with van der Waals surface area (Å²) in [5.74, 6) is 0.188. The summed E-state index contributed by atoms with van der Waals surface area (Å²) in [7, 11) is 3.42. The highest BCUT2D eigenvalue weighted by Gasteiger charge is 1.89. The van der Waals surface area contributed by atoms with E-state index < -0.39 is 0 Å². The molecule has 0 amide bonds. The zero-order valence-electron chi connectivity index (χ0n) is 7.45. The van der Waals surface area contributed by atoms with Crippen LogP contribution in [0, 0.1) is 0 Å². The fourth-order valence-corrected chi connectivity index (χ4v) is 0.306. The molecule has 0 bridgehead atoms. The van der Waals surface area contributed by atoms with Gasteiger partial charge in [-0.3, -0.25) is 0 Å². The van der Waals surface area contributed by atoms with Crippen LogP contribution >= 0.6 is 0 Å². The predicted octanol–water partition coefficient (Wildman–Crippen LogP) is 1.20. The molecule has 0 aliphatic carbocycles. The van der Waals surface area contributed by atoms with Crippen LogP contribution in [0.5, 0.6) is 0 Å². The highest BCUT2D eigenvalue weighted by molar-refractivity contribution is 4.98. The van der Waals surface area contributed by atoms with Gasteiger partial charge in [0.15, 0.2) is 0 Å². The van der Waals surface area contributed by atoms with Crippen molar-refractivity contribution in [2.24, 2.45) is 0 Å². The molecule has 0 atom stereocenters. The minimum absolute atomic E-state index is 0.188. The summed E-state index contributed by atoms with van der Waals surface area (Å²) < 4.78 is 0. The Balaban J connectivity index is 0. The number of aliphatic hydroxyl groups excluding tert-OH is 1. The van der Waals surface area contributed by atoms with Crippen LogP contribution in [0.3, 0.4) is 0 Å². The van der Waals surface area contributed by atoms with Gasteiger partial charge >= 0.3 is 0 Å². The first-order valence-corrected chi connectivity index (χ1v) is 3.47. The second-order valence-electron chi connectivity index (χ2n) is 1.47. The molecule has 0 heterocycles. The van der Waals surface area contributed by atoms with Crippen LogP contribution < -0.4 is 10.6 Å². The number of hydrogen-bond donors (Lipinski definition) is 3. The van der Waals surface area contributed by atoms with Crippen LogP contribution in [0.2, 0.25) is 0 Å². The molecule has 3 nitrogen and oxygen atoms in total. The molecule has 0 rings (SSSR count). The van der Waals surface area contributed by atoms with Gasteiger partial charge in [0.2, 0.25) is 5.88 Å². The van der Waals surface area contributed by atoms with Gasteiger partial charge in [0.25, 0.3) is 0 Å². The van der Waals surface area contributed by atoms with E-state index in [-0.39, 0.29) is 5.88 Å². The van der Waals surface area contributed by atoms with E-state index in [1.54, 1.807) is 21.0 Å². The van der Waals surface area contributed by atoms with Crippen LogP contribution in [-0.2, 0) is 0 Å². The Hall–Kier alpha value is -0.860. The van der Waals surface area contributed by atoms with Crippen LogP contribution in [0.1, 0.15) is 20.8 Å². The summed E-state index contributed by atoms with van der Waals surface area (Å²) in [6.45, 7) is 5.78. The van der Waals surface area contributed by atoms with E-state index in [0.717, 1.165) is 5.70 Å². The van der Waals surface area contributed by atoms with Gasteiger partial charge < -0.3 is 15.7 Å². The number of hydrogen-bond acceptors (Lipinski definition) is 3. The van der Waals surface area contributed by atoms with Crippen molar-refractivity contribution in [3.8, 4) is 0 Å². The summed E-state index contributed by atoms with van der Waals surface area (Å²) in [5.41, 5.74) is 0.743. The maximum atomic E-state index is 8.83. The largest absolute Gasteiger partial charge is 0.494 e. The van der Waals surface area contributed by atoms with Gasteiger partial charge in [-0.2, -0.15) is 0 Å². The molecule has 0 aromatic rings. The molecular weight excluding hydrogens is 128 g/mol. The highest BCUT2D eigenvalue weighted by Crippen LogP contribution is 1.87. The summed E-state index contributed by atoms with van der Waals surface area (Å²) in [6, 6.07) is 0. The Bertz CT molecular complexity index is 87.8. The molecule has 0 saturated carbocycles. The fraction of sp³-hybridized carbons (Fsp3) is 0.714. The number of allylic oxidation sites excluding steroid dienone is 1. The topological polar surface area (TPSA) is 44.3 Å². The van der Waals surface area contributed by atoms with Gasteiger partial charge in [-0.25, -0.2) is 0 Å². The quantitative estimate of drug-likeness (QED) is 0.513. The van der Waals surface area contributed by atoms with Gasteiger partial charge in [-0.15, -0.1) is 0 Å². The lowest BCUT2D eigenvalue weighted by molar-refractivity contribution is 0.365. The van der Waals surface area contributed by atoms with Gasteiger partial charge in [-0.1, -0.05) is 13.8 Å². The van der Waals surface area contributed by atoms with Crippen LogP contribution in [0.25, 0.3) is 0 Å². The average molecular weight is 146 g/mol. The third-order valence-electron chi connectivity index (χ3n) is 0.967. The Kier molecular flexibility index (Phi) is 9.67. The SMILES string of the molecule is CC.CN/C(C)=C(/O)NC. The zero-order valence-corrected chi connectivity index (χ0v) is 7.45. The monoisotopic (exact) mass is 146 g/mol. The Morgan fingerprint density at radius 1 is 1.10 bits per heavy atom. The van der Waals surface area contributed by atoms with Crippen LogP contribution in [0.15, 0.2) is 11.6 Å². The molecule has 0 unspecified atom stereocenters. The van der Waals surface area contributed by atoms with Gasteiger partial charge in [0.05, 0.1) is 5.70 Å². The second-order valence-corrected chi connectivity index (χ2v) is 1.47. The molecule has 0 radical (unpaired) electrons. The summed E-state index contributed by atoms with van der Waals surface area (Å²) in [5, 5.41) is 14.2. The normalized spacial score (nSPS) is 10.5. The summed E-state index contributed by atoms with van der Waals surface area (Å²) >= 11 is 0. The zero-order chi connectivity index (χ0) is 8.57. The van der Waals surface area contributed by atoms with Crippen molar-refractivity contribution in [3.05, 3.63) is 11.6 Å². The summed E-state index contributed by atoms with van der Waals surface area (Å²) in [6.07, 6.45) is 0. The molecule has 0 aliphatic heterocycles. The Morgan fingerprint density at radius 2 is 1.50 bits per heavy atom. The molecule has 3 heteroatoms. The van der Waals surface area contributed by atoms with Crippen LogP contribution in [0.4, 0.5) is 0 Å². The minimum Gasteiger partial charge on any atom is -0.494 e. The van der Waals surface area contributed by atoms with E-state index in [4.69, 9.17) is 5.11 Å². The lowest BCUT2D eigenvalue weighted by Gasteiger charge is -2.02. The number of rotatable bonds is 2. The smallest absolute Gasteiger partial charge is 0.203 e. The molecule has 0 aliphatic rings. The van der Waals surface area contributed by atoms with Crippen molar-refractivity contribution in [1.82, 2.24) is 10.6 Å². The Morgan fingerprint density at radius 3 is 1.60 bits per heavy atom. The van der Waals surface area contributed by atoms with Crippen molar-refractivity contribution < 1.29 is 5.11 Å². The lowest BCUT2D eigenvalue weighted by atomic mass is 10.5. The van der Waals surface area contributed by atoms with Crippen LogP contribution in [-0.4, -0.2) is 19.2 Å². The van der Waals surface area contributed by atoms with Gasteiger partial charge in [0, 0.05) is 14.1 Å². The first kappa shape index (κ1) is 11.9. The third-order valence-corrected chi connectivity index (χ3v) is 0.967. The third kappa shape index (κ3) is 5.28. The van der Waals surface area contributed by atoms with Crippen molar-refractivity contribution in [3.63, 3.8) is 0 Å². The molecule has 0 aromatic heterocycles. The van der Waals surface area contributed by atoms with E-state index in [2.05, 4.69) is 10.6 Å². The molecule has 0 spiro atoms. The summed E-state index contributed by atoms with van der Waals surface area (Å²) in [4.78, 5) is 0. The van der Waals surface area contributed by atoms with Gasteiger partial charge in [-0.05, 0) is 6.92 Å². The minimum atomic E-state index is 0.188. The van der Waals surface area contributed by atoms with E-state index in [0.29, 0.717) is 0 Å². The molecule has 62 valence electrons. The van der Waals surface area contributed by atoms with Crippen molar-refractivity contribution in [2.45, 2.75) is 20.8 Å². The molecule has 0 aromatic carbocycles. The van der Waals surface area contributed by atoms with E-state index in [1.807, 2.05) is 13.8 Å². The van der Waals surface area contributed by atoms with E-state index >= 15 is 0 Å². The number of nitrogens with one attached hydrogen (secondary N) is 2. The van der Waals surface area contributed by atoms with E-state index in [9.17, 15) is 0 Å².